The maximum Gasteiger partial charge on any atom is 0.222 e. The molecule has 0 spiro atoms. The molecule has 4 heteroatoms. The van der Waals surface area contributed by atoms with E-state index in [1.165, 1.54) is 45.3 Å². The molecule has 0 saturated carbocycles. The Bertz CT molecular complexity index is 489. The lowest BCUT2D eigenvalue weighted by Gasteiger charge is -2.17. The molecule has 0 aromatic carbocycles. The Morgan fingerprint density at radius 3 is 2.26 bits per heavy atom. The van der Waals surface area contributed by atoms with Crippen LogP contribution in [0.1, 0.15) is 57.8 Å². The van der Waals surface area contributed by atoms with Gasteiger partial charge in [0.05, 0.1) is 12.8 Å². The molecule has 0 amide bonds. The number of nitrogens with one attached hydrogen (secondary N) is 1. The highest BCUT2D eigenvalue weighted by Crippen LogP contribution is 2.23. The van der Waals surface area contributed by atoms with E-state index >= 15 is 0 Å². The number of Topliss-reactive ketones (excluding diaryl/α,β-unsaturated/α-hetero) is 1. The molecule has 0 radical (unpaired) electrons. The summed E-state index contributed by atoms with van der Waals surface area (Å²) in [6, 6.07) is 0. The van der Waals surface area contributed by atoms with E-state index in [0.717, 1.165) is 19.3 Å². The SMILES string of the molecule is C=CCCCCCCCCCC1=C(OC)C(=O)C=C(NC)C1=O. The van der Waals surface area contributed by atoms with Crippen molar-refractivity contribution in [1.29, 1.82) is 0 Å². The number of likely N-dealkylation sites (N-methyl/N-ethyl adjacent to an activating group) is 1. The summed E-state index contributed by atoms with van der Waals surface area (Å²) in [6.07, 6.45) is 13.1. The first-order valence-corrected chi connectivity index (χ1v) is 8.52. The summed E-state index contributed by atoms with van der Waals surface area (Å²) >= 11 is 0. The summed E-state index contributed by atoms with van der Waals surface area (Å²) in [4.78, 5) is 24.3. The van der Waals surface area contributed by atoms with Crippen molar-refractivity contribution in [3.8, 4) is 0 Å². The zero-order valence-corrected chi connectivity index (χ0v) is 14.5. The Morgan fingerprint density at radius 1 is 1.09 bits per heavy atom. The Labute approximate surface area is 139 Å². The minimum atomic E-state index is -0.228. The van der Waals surface area contributed by atoms with Crippen molar-refractivity contribution in [2.75, 3.05) is 14.2 Å². The molecule has 0 fully saturated rings. The predicted octanol–water partition coefficient (Wildman–Crippen LogP) is 3.84. The number of allylic oxidation sites excluding steroid dienone is 3. The second-order valence-electron chi connectivity index (χ2n) is 5.82. The fraction of sp³-hybridized carbons (Fsp3) is 0.579. The van der Waals surface area contributed by atoms with E-state index in [2.05, 4.69) is 11.9 Å². The van der Waals surface area contributed by atoms with E-state index in [1.807, 2.05) is 6.08 Å². The number of methoxy groups -OCH3 is 1. The largest absolute Gasteiger partial charge is 0.492 e. The van der Waals surface area contributed by atoms with Gasteiger partial charge in [-0.25, -0.2) is 0 Å². The normalized spacial score (nSPS) is 14.8. The second-order valence-corrected chi connectivity index (χ2v) is 5.82. The smallest absolute Gasteiger partial charge is 0.222 e. The molecule has 128 valence electrons. The van der Waals surface area contributed by atoms with Gasteiger partial charge in [0, 0.05) is 18.7 Å². The van der Waals surface area contributed by atoms with Crippen molar-refractivity contribution in [2.45, 2.75) is 57.8 Å². The number of ether oxygens (including phenoxy) is 1. The van der Waals surface area contributed by atoms with Crippen LogP contribution in [0.3, 0.4) is 0 Å². The molecule has 0 unspecified atom stereocenters. The average Bonchev–Trinajstić information content (AvgIpc) is 2.55. The molecule has 4 nitrogen and oxygen atoms in total. The summed E-state index contributed by atoms with van der Waals surface area (Å²) in [5.41, 5.74) is 0.864. The first-order chi connectivity index (χ1) is 11.2. The van der Waals surface area contributed by atoms with Gasteiger partial charge in [-0.15, -0.1) is 6.58 Å². The Hall–Kier alpha value is -1.84. The van der Waals surface area contributed by atoms with Gasteiger partial charge in [0.1, 0.15) is 0 Å². The summed E-state index contributed by atoms with van der Waals surface area (Å²) in [5, 5.41) is 2.79. The van der Waals surface area contributed by atoms with E-state index in [9.17, 15) is 9.59 Å². The molecule has 0 aromatic rings. The van der Waals surface area contributed by atoms with Crippen LogP contribution in [0.15, 0.2) is 35.8 Å². The van der Waals surface area contributed by atoms with E-state index in [-0.39, 0.29) is 17.3 Å². The van der Waals surface area contributed by atoms with E-state index in [4.69, 9.17) is 4.74 Å². The van der Waals surface area contributed by atoms with Gasteiger partial charge in [0.25, 0.3) is 0 Å². The highest BCUT2D eigenvalue weighted by Gasteiger charge is 2.28. The molecule has 0 heterocycles. The first kappa shape index (κ1) is 19.2. The third kappa shape index (κ3) is 6.05. The molecule has 0 aromatic heterocycles. The van der Waals surface area contributed by atoms with E-state index in [0.29, 0.717) is 17.7 Å². The van der Waals surface area contributed by atoms with Crippen molar-refractivity contribution in [3.05, 3.63) is 35.8 Å². The van der Waals surface area contributed by atoms with Crippen LogP contribution >= 0.6 is 0 Å². The maximum atomic E-state index is 12.3. The van der Waals surface area contributed by atoms with E-state index in [1.54, 1.807) is 7.05 Å². The highest BCUT2D eigenvalue weighted by molar-refractivity contribution is 6.21. The summed E-state index contributed by atoms with van der Waals surface area (Å²) in [5.74, 6) is -0.138. The third-order valence-corrected chi connectivity index (χ3v) is 4.10. The predicted molar refractivity (Wildman–Crippen MR) is 92.9 cm³/mol. The molecule has 23 heavy (non-hydrogen) atoms. The topological polar surface area (TPSA) is 55.4 Å². The van der Waals surface area contributed by atoms with E-state index < -0.39 is 0 Å². The van der Waals surface area contributed by atoms with Crippen molar-refractivity contribution < 1.29 is 14.3 Å². The lowest BCUT2D eigenvalue weighted by Crippen LogP contribution is -2.26. The number of ketones is 2. The number of hydrogen-bond donors (Lipinski definition) is 1. The van der Waals surface area contributed by atoms with Crippen molar-refractivity contribution >= 4 is 11.6 Å². The van der Waals surface area contributed by atoms with Crippen molar-refractivity contribution in [1.82, 2.24) is 5.32 Å². The van der Waals surface area contributed by atoms with Crippen LogP contribution in [0.4, 0.5) is 0 Å². The molecule has 1 rings (SSSR count). The lowest BCUT2D eigenvalue weighted by atomic mass is 9.93. The molecule has 0 saturated heterocycles. The Morgan fingerprint density at radius 2 is 1.70 bits per heavy atom. The molecule has 0 aliphatic heterocycles. The van der Waals surface area contributed by atoms with Gasteiger partial charge < -0.3 is 10.1 Å². The fourth-order valence-electron chi connectivity index (χ4n) is 2.79. The average molecular weight is 319 g/mol. The zero-order chi connectivity index (χ0) is 17.1. The molecule has 1 aliphatic rings. The quantitative estimate of drug-likeness (QED) is 0.337. The summed E-state index contributed by atoms with van der Waals surface area (Å²) in [7, 11) is 3.10. The van der Waals surface area contributed by atoms with Gasteiger partial charge in [-0.2, -0.15) is 0 Å². The molecule has 0 bridgehead atoms. The number of carbonyl (C=O) groups is 2. The molecular formula is C19H29NO3. The van der Waals surface area contributed by atoms with Gasteiger partial charge in [-0.3, -0.25) is 9.59 Å². The first-order valence-electron chi connectivity index (χ1n) is 8.52. The number of hydrogen-bond acceptors (Lipinski definition) is 4. The second kappa shape index (κ2) is 10.8. The van der Waals surface area contributed by atoms with Crippen LogP contribution < -0.4 is 5.32 Å². The van der Waals surface area contributed by atoms with Gasteiger partial charge in [-0.05, 0) is 25.7 Å². The molecule has 1 N–H and O–H groups in total. The molecule has 0 atom stereocenters. The number of carbonyl (C=O) groups excluding carboxylic acids is 2. The number of rotatable bonds is 12. The van der Waals surface area contributed by atoms with Gasteiger partial charge in [-0.1, -0.05) is 38.2 Å². The summed E-state index contributed by atoms with van der Waals surface area (Å²) < 4.78 is 5.14. The van der Waals surface area contributed by atoms with Crippen molar-refractivity contribution in [3.63, 3.8) is 0 Å². The van der Waals surface area contributed by atoms with Gasteiger partial charge >= 0.3 is 0 Å². The van der Waals surface area contributed by atoms with Crippen LogP contribution in [-0.4, -0.2) is 25.7 Å². The van der Waals surface area contributed by atoms with Crippen LogP contribution in [0, 0.1) is 0 Å². The highest BCUT2D eigenvalue weighted by atomic mass is 16.5. The van der Waals surface area contributed by atoms with Crippen LogP contribution in [0.25, 0.3) is 0 Å². The third-order valence-electron chi connectivity index (χ3n) is 4.10. The van der Waals surface area contributed by atoms with Crippen LogP contribution in [0.5, 0.6) is 0 Å². The van der Waals surface area contributed by atoms with Crippen LogP contribution in [0.2, 0.25) is 0 Å². The van der Waals surface area contributed by atoms with Gasteiger partial charge in [0.15, 0.2) is 5.76 Å². The lowest BCUT2D eigenvalue weighted by molar-refractivity contribution is -0.118. The van der Waals surface area contributed by atoms with Crippen LogP contribution in [-0.2, 0) is 14.3 Å². The zero-order valence-electron chi connectivity index (χ0n) is 14.5. The number of unbranched alkanes of at least 4 members (excludes halogenated alkanes) is 7. The minimum absolute atomic E-state index is 0.117. The molecule has 1 aliphatic carbocycles. The van der Waals surface area contributed by atoms with Crippen molar-refractivity contribution in [2.24, 2.45) is 0 Å². The Balaban J connectivity index is 2.35. The van der Waals surface area contributed by atoms with Gasteiger partial charge in [0.2, 0.25) is 11.6 Å². The summed E-state index contributed by atoms with van der Waals surface area (Å²) in [6.45, 7) is 3.72. The Kier molecular flexibility index (Phi) is 9.03. The standard InChI is InChI=1S/C19H29NO3/c1-4-5-6-7-8-9-10-11-12-13-15-18(22)16(20-2)14-17(21)19(15)23-3/h4,14,20H,1,5-13H2,2-3H3. The fourth-order valence-corrected chi connectivity index (χ4v) is 2.79. The maximum absolute atomic E-state index is 12.3. The monoisotopic (exact) mass is 319 g/mol. The minimum Gasteiger partial charge on any atom is -0.492 e. The molecular weight excluding hydrogens is 290 g/mol.